The average molecular weight is 418 g/mol. The van der Waals surface area contributed by atoms with Crippen molar-refractivity contribution in [1.82, 2.24) is 9.55 Å². The number of carbonyl (C=O) groups excluding carboxylic acids is 1. The Bertz CT molecular complexity index is 1110. The summed E-state index contributed by atoms with van der Waals surface area (Å²) in [4.78, 5) is 16.8. The fraction of sp³-hybridized carbons (Fsp3) is 0.320. The zero-order valence-corrected chi connectivity index (χ0v) is 18.4. The molecule has 0 N–H and O–H groups in total. The predicted molar refractivity (Wildman–Crippen MR) is 119 cm³/mol. The van der Waals surface area contributed by atoms with Crippen LogP contribution in [0, 0.1) is 31.1 Å². The van der Waals surface area contributed by atoms with Crippen LogP contribution in [0.25, 0.3) is 17.5 Å². The van der Waals surface area contributed by atoms with Crippen LogP contribution in [0.15, 0.2) is 52.7 Å². The summed E-state index contributed by atoms with van der Waals surface area (Å²) in [5.41, 5.74) is 4.26. The van der Waals surface area contributed by atoms with Gasteiger partial charge in [0.2, 0.25) is 5.89 Å². The number of rotatable bonds is 8. The SMILES string of the molecule is Cc1cc(/C=C(\C#N)C(=O)OCc2coc(-c3ccccc3)n2)c(C)n1CCC(C)C. The van der Waals surface area contributed by atoms with Crippen LogP contribution >= 0.6 is 0 Å². The quantitative estimate of drug-likeness (QED) is 0.276. The van der Waals surface area contributed by atoms with E-state index in [4.69, 9.17) is 9.15 Å². The summed E-state index contributed by atoms with van der Waals surface area (Å²) < 4.78 is 13.0. The highest BCUT2D eigenvalue weighted by Gasteiger charge is 2.15. The summed E-state index contributed by atoms with van der Waals surface area (Å²) in [5.74, 6) is 0.374. The highest BCUT2D eigenvalue weighted by atomic mass is 16.5. The molecule has 0 saturated heterocycles. The molecule has 0 unspecified atom stereocenters. The molecule has 0 aliphatic heterocycles. The molecule has 160 valence electrons. The fourth-order valence-electron chi connectivity index (χ4n) is 3.30. The number of oxazole rings is 1. The van der Waals surface area contributed by atoms with Crippen molar-refractivity contribution in [3.05, 3.63) is 70.9 Å². The summed E-state index contributed by atoms with van der Waals surface area (Å²) in [5, 5.41) is 9.49. The van der Waals surface area contributed by atoms with Gasteiger partial charge in [0.05, 0.1) is 0 Å². The summed E-state index contributed by atoms with van der Waals surface area (Å²) >= 11 is 0. The maximum absolute atomic E-state index is 12.5. The molecule has 1 aromatic carbocycles. The zero-order chi connectivity index (χ0) is 22.4. The number of hydrogen-bond donors (Lipinski definition) is 0. The van der Waals surface area contributed by atoms with Gasteiger partial charge in [-0.1, -0.05) is 32.0 Å². The van der Waals surface area contributed by atoms with Crippen molar-refractivity contribution < 1.29 is 13.9 Å². The predicted octanol–water partition coefficient (Wildman–Crippen LogP) is 5.46. The van der Waals surface area contributed by atoms with E-state index >= 15 is 0 Å². The Morgan fingerprint density at radius 2 is 2.03 bits per heavy atom. The number of esters is 1. The summed E-state index contributed by atoms with van der Waals surface area (Å²) in [6.45, 7) is 9.25. The number of ether oxygens (including phenoxy) is 1. The van der Waals surface area contributed by atoms with Crippen LogP contribution < -0.4 is 0 Å². The number of nitriles is 1. The van der Waals surface area contributed by atoms with E-state index < -0.39 is 5.97 Å². The van der Waals surface area contributed by atoms with Crippen LogP contribution in [0.5, 0.6) is 0 Å². The van der Waals surface area contributed by atoms with Crippen molar-refractivity contribution in [2.45, 2.75) is 47.3 Å². The third-order valence-electron chi connectivity index (χ3n) is 5.11. The van der Waals surface area contributed by atoms with Gasteiger partial charge in [0.15, 0.2) is 0 Å². The Kier molecular flexibility index (Phi) is 7.09. The van der Waals surface area contributed by atoms with E-state index in [-0.39, 0.29) is 12.2 Å². The van der Waals surface area contributed by atoms with Crippen LogP contribution in [-0.4, -0.2) is 15.5 Å². The summed E-state index contributed by atoms with van der Waals surface area (Å²) in [6, 6.07) is 13.4. The van der Waals surface area contributed by atoms with Crippen LogP contribution in [0.3, 0.4) is 0 Å². The Labute approximate surface area is 182 Å². The van der Waals surface area contributed by atoms with E-state index in [1.54, 1.807) is 6.08 Å². The van der Waals surface area contributed by atoms with E-state index in [9.17, 15) is 10.1 Å². The minimum Gasteiger partial charge on any atom is -0.455 e. The lowest BCUT2D eigenvalue weighted by Gasteiger charge is -2.11. The number of aromatic nitrogens is 2. The largest absolute Gasteiger partial charge is 0.455 e. The number of aryl methyl sites for hydroxylation is 1. The second kappa shape index (κ2) is 9.94. The molecule has 31 heavy (non-hydrogen) atoms. The number of hydrogen-bond acceptors (Lipinski definition) is 5. The first kappa shape index (κ1) is 22.1. The molecule has 0 bridgehead atoms. The van der Waals surface area contributed by atoms with Crippen LogP contribution in [0.4, 0.5) is 0 Å². The van der Waals surface area contributed by atoms with E-state index in [0.29, 0.717) is 17.5 Å². The molecule has 0 aliphatic rings. The van der Waals surface area contributed by atoms with E-state index in [2.05, 4.69) is 23.4 Å². The smallest absolute Gasteiger partial charge is 0.349 e. The minimum absolute atomic E-state index is 0.0455. The van der Waals surface area contributed by atoms with Crippen molar-refractivity contribution in [2.24, 2.45) is 5.92 Å². The van der Waals surface area contributed by atoms with E-state index in [1.807, 2.05) is 56.3 Å². The Balaban J connectivity index is 1.68. The molecule has 6 nitrogen and oxygen atoms in total. The molecule has 0 fully saturated rings. The van der Waals surface area contributed by atoms with E-state index in [0.717, 1.165) is 35.5 Å². The lowest BCUT2D eigenvalue weighted by atomic mass is 10.1. The van der Waals surface area contributed by atoms with Crippen molar-refractivity contribution in [1.29, 1.82) is 5.26 Å². The van der Waals surface area contributed by atoms with Gasteiger partial charge in [0, 0.05) is 23.5 Å². The van der Waals surface area contributed by atoms with Gasteiger partial charge in [-0.3, -0.25) is 0 Å². The van der Waals surface area contributed by atoms with Crippen molar-refractivity contribution in [3.63, 3.8) is 0 Å². The fourth-order valence-corrected chi connectivity index (χ4v) is 3.30. The average Bonchev–Trinajstić information content (AvgIpc) is 3.34. The standard InChI is InChI=1S/C25H27N3O3/c1-17(2)10-11-28-18(3)12-21(19(28)4)13-22(14-26)25(29)31-16-23-15-30-24(27-23)20-8-6-5-7-9-20/h5-9,12-13,15,17H,10-11,16H2,1-4H3/b22-13+. The number of carbonyl (C=O) groups is 1. The molecule has 0 radical (unpaired) electrons. The monoisotopic (exact) mass is 417 g/mol. The van der Waals surface area contributed by atoms with Gasteiger partial charge in [0.25, 0.3) is 0 Å². The van der Waals surface area contributed by atoms with Crippen LogP contribution in [-0.2, 0) is 22.7 Å². The van der Waals surface area contributed by atoms with Gasteiger partial charge in [-0.15, -0.1) is 0 Å². The molecule has 0 amide bonds. The zero-order valence-electron chi connectivity index (χ0n) is 18.4. The molecule has 0 saturated carbocycles. The van der Waals surface area contributed by atoms with Crippen molar-refractivity contribution in [2.75, 3.05) is 0 Å². The van der Waals surface area contributed by atoms with Gasteiger partial charge in [-0.2, -0.15) is 5.26 Å². The molecule has 6 heteroatoms. The Morgan fingerprint density at radius 1 is 1.29 bits per heavy atom. The van der Waals surface area contributed by atoms with E-state index in [1.165, 1.54) is 6.26 Å². The van der Waals surface area contributed by atoms with Gasteiger partial charge >= 0.3 is 5.97 Å². The molecule has 0 spiro atoms. The first-order valence-electron chi connectivity index (χ1n) is 10.3. The summed E-state index contributed by atoms with van der Waals surface area (Å²) in [7, 11) is 0. The first-order valence-corrected chi connectivity index (χ1v) is 10.3. The maximum atomic E-state index is 12.5. The van der Waals surface area contributed by atoms with Gasteiger partial charge < -0.3 is 13.7 Å². The van der Waals surface area contributed by atoms with Crippen molar-refractivity contribution in [3.8, 4) is 17.5 Å². The molecule has 3 rings (SSSR count). The lowest BCUT2D eigenvalue weighted by molar-refractivity contribution is -0.139. The number of nitrogens with zero attached hydrogens (tertiary/aromatic N) is 3. The molecule has 2 heterocycles. The van der Waals surface area contributed by atoms with Gasteiger partial charge in [-0.25, -0.2) is 9.78 Å². The second-order valence-corrected chi connectivity index (χ2v) is 7.92. The molecular formula is C25H27N3O3. The molecular weight excluding hydrogens is 390 g/mol. The first-order chi connectivity index (χ1) is 14.9. The minimum atomic E-state index is -0.682. The van der Waals surface area contributed by atoms with Gasteiger partial charge in [-0.05, 0) is 56.0 Å². The molecule has 2 aromatic heterocycles. The lowest BCUT2D eigenvalue weighted by Crippen LogP contribution is -2.07. The maximum Gasteiger partial charge on any atom is 0.349 e. The molecule has 3 aromatic rings. The van der Waals surface area contributed by atoms with Gasteiger partial charge in [0.1, 0.15) is 30.2 Å². The normalized spacial score (nSPS) is 11.5. The van der Waals surface area contributed by atoms with Crippen LogP contribution in [0.2, 0.25) is 0 Å². The topological polar surface area (TPSA) is 81.1 Å². The van der Waals surface area contributed by atoms with Crippen LogP contribution in [0.1, 0.15) is 42.9 Å². The second-order valence-electron chi connectivity index (χ2n) is 7.92. The highest BCUT2D eigenvalue weighted by molar-refractivity contribution is 5.98. The van der Waals surface area contributed by atoms with Crippen molar-refractivity contribution >= 4 is 12.0 Å². The molecule has 0 aliphatic carbocycles. The summed E-state index contributed by atoms with van der Waals surface area (Å²) in [6.07, 6.45) is 4.11. The Morgan fingerprint density at radius 3 is 2.71 bits per heavy atom. The third kappa shape index (κ3) is 5.52. The third-order valence-corrected chi connectivity index (χ3v) is 5.11. The highest BCUT2D eigenvalue weighted by Crippen LogP contribution is 2.21. The number of benzene rings is 1. The molecule has 0 atom stereocenters. The Hall–Kier alpha value is -3.59.